The molecule has 3 aromatic rings. The van der Waals surface area contributed by atoms with Crippen LogP contribution in [0.15, 0.2) is 61.2 Å². The molecule has 2 N–H and O–H groups in total. The second-order valence-corrected chi connectivity index (χ2v) is 7.89. The Balaban J connectivity index is 1.51. The number of phenols is 1. The highest BCUT2D eigenvalue weighted by molar-refractivity contribution is 5.63. The van der Waals surface area contributed by atoms with Crippen molar-refractivity contribution in [3.05, 3.63) is 78.0 Å². The number of anilines is 3. The van der Waals surface area contributed by atoms with E-state index in [1.54, 1.807) is 41.3 Å². The molecule has 0 atom stereocenters. The minimum Gasteiger partial charge on any atom is -0.508 e. The summed E-state index contributed by atoms with van der Waals surface area (Å²) in [7, 11) is 0. The molecule has 1 fully saturated rings. The third-order valence-electron chi connectivity index (χ3n) is 5.47. The molecule has 0 spiro atoms. The van der Waals surface area contributed by atoms with Crippen LogP contribution in [0, 0.1) is 6.92 Å². The zero-order chi connectivity index (χ0) is 23.6. The van der Waals surface area contributed by atoms with Crippen molar-refractivity contribution >= 4 is 23.2 Å². The van der Waals surface area contributed by atoms with Gasteiger partial charge in [-0.05, 0) is 48.9 Å². The van der Waals surface area contributed by atoms with Crippen LogP contribution in [0.5, 0.6) is 5.75 Å². The van der Waals surface area contributed by atoms with Crippen LogP contribution in [0.4, 0.5) is 30.6 Å². The molecule has 172 valence electrons. The van der Waals surface area contributed by atoms with Gasteiger partial charge in [-0.25, -0.2) is 4.98 Å². The first-order valence-corrected chi connectivity index (χ1v) is 10.5. The van der Waals surface area contributed by atoms with Crippen molar-refractivity contribution in [3.8, 4) is 5.75 Å². The van der Waals surface area contributed by atoms with Crippen LogP contribution < -0.4 is 10.2 Å². The molecule has 0 bridgehead atoms. The molecule has 0 amide bonds. The Hall–Kier alpha value is -3.75. The number of rotatable bonds is 5. The lowest BCUT2D eigenvalue weighted by molar-refractivity contribution is -0.141. The van der Waals surface area contributed by atoms with Gasteiger partial charge in [0.25, 0.3) is 0 Å². The Morgan fingerprint density at radius 1 is 0.970 bits per heavy atom. The fourth-order valence-corrected chi connectivity index (χ4v) is 3.58. The molecule has 0 saturated carbocycles. The number of piperazine rings is 1. The number of halogens is 3. The van der Waals surface area contributed by atoms with Gasteiger partial charge in [0.1, 0.15) is 11.6 Å². The summed E-state index contributed by atoms with van der Waals surface area (Å²) in [6.07, 6.45) is -4.59. The van der Waals surface area contributed by atoms with Crippen molar-refractivity contribution in [1.82, 2.24) is 14.9 Å². The first kappa shape index (κ1) is 22.4. The van der Waals surface area contributed by atoms with Gasteiger partial charge < -0.3 is 20.2 Å². The molecule has 0 radical (unpaired) electrons. The van der Waals surface area contributed by atoms with E-state index in [0.717, 1.165) is 22.9 Å². The van der Waals surface area contributed by atoms with E-state index in [0.29, 0.717) is 31.9 Å². The van der Waals surface area contributed by atoms with E-state index in [9.17, 15) is 18.3 Å². The fourth-order valence-electron chi connectivity index (χ4n) is 3.58. The third kappa shape index (κ3) is 5.36. The highest BCUT2D eigenvalue weighted by Gasteiger charge is 2.34. The van der Waals surface area contributed by atoms with Crippen LogP contribution >= 0.6 is 0 Å². The zero-order valence-electron chi connectivity index (χ0n) is 18.1. The lowest BCUT2D eigenvalue weighted by Crippen LogP contribution is -2.46. The Kier molecular flexibility index (Phi) is 6.13. The standard InChI is InChI=1S/C24H24F3N5O/c1-16-3-7-19(8-4-16)28-22-15-21(24(25,26)27)29-23(30-22)32-13-11-31(12-14-32)17(2)18-5-9-20(33)10-6-18/h3-10,15,33H,2,11-14H2,1H3,(H,28,29,30). The molecule has 9 heteroatoms. The molecule has 1 aromatic heterocycles. The molecule has 2 aromatic carbocycles. The summed E-state index contributed by atoms with van der Waals surface area (Å²) in [4.78, 5) is 12.0. The van der Waals surface area contributed by atoms with Crippen molar-refractivity contribution in [3.63, 3.8) is 0 Å². The summed E-state index contributed by atoms with van der Waals surface area (Å²) in [6.45, 7) is 8.06. The Morgan fingerprint density at radius 3 is 2.21 bits per heavy atom. The van der Waals surface area contributed by atoms with Gasteiger partial charge in [-0.1, -0.05) is 24.3 Å². The monoisotopic (exact) mass is 455 g/mol. The number of nitrogens with zero attached hydrogens (tertiary/aromatic N) is 4. The second-order valence-electron chi connectivity index (χ2n) is 7.89. The maximum absolute atomic E-state index is 13.5. The lowest BCUT2D eigenvalue weighted by atomic mass is 10.1. The number of phenolic OH excluding ortho intramolecular Hbond substituents is 1. The number of hydrogen-bond donors (Lipinski definition) is 2. The molecule has 2 heterocycles. The Morgan fingerprint density at radius 2 is 1.61 bits per heavy atom. The molecule has 1 aliphatic rings. The van der Waals surface area contributed by atoms with Gasteiger partial charge >= 0.3 is 6.18 Å². The van der Waals surface area contributed by atoms with E-state index in [1.807, 2.05) is 19.1 Å². The van der Waals surface area contributed by atoms with Gasteiger partial charge in [0, 0.05) is 43.6 Å². The third-order valence-corrected chi connectivity index (χ3v) is 5.47. The van der Waals surface area contributed by atoms with Crippen LogP contribution in [0.1, 0.15) is 16.8 Å². The van der Waals surface area contributed by atoms with Gasteiger partial charge in [0.2, 0.25) is 5.95 Å². The van der Waals surface area contributed by atoms with E-state index in [1.165, 1.54) is 0 Å². The molecule has 1 saturated heterocycles. The number of aryl methyl sites for hydroxylation is 1. The first-order valence-electron chi connectivity index (χ1n) is 10.5. The number of benzene rings is 2. The number of aromatic nitrogens is 2. The topological polar surface area (TPSA) is 64.5 Å². The minimum atomic E-state index is -4.59. The predicted molar refractivity (Wildman–Crippen MR) is 122 cm³/mol. The van der Waals surface area contributed by atoms with E-state index in [2.05, 4.69) is 26.8 Å². The van der Waals surface area contributed by atoms with Crippen LogP contribution in [-0.4, -0.2) is 46.2 Å². The first-order chi connectivity index (χ1) is 15.7. The summed E-state index contributed by atoms with van der Waals surface area (Å²) in [5, 5.41) is 12.4. The van der Waals surface area contributed by atoms with Gasteiger partial charge in [-0.2, -0.15) is 18.2 Å². The molecular weight excluding hydrogens is 431 g/mol. The average Bonchev–Trinajstić information content (AvgIpc) is 2.80. The smallest absolute Gasteiger partial charge is 0.433 e. The van der Waals surface area contributed by atoms with Crippen LogP contribution in [0.25, 0.3) is 5.70 Å². The highest BCUT2D eigenvalue weighted by atomic mass is 19.4. The van der Waals surface area contributed by atoms with E-state index >= 15 is 0 Å². The summed E-state index contributed by atoms with van der Waals surface area (Å²) in [5.41, 5.74) is 2.38. The summed E-state index contributed by atoms with van der Waals surface area (Å²) >= 11 is 0. The minimum absolute atomic E-state index is 0.0364. The summed E-state index contributed by atoms with van der Waals surface area (Å²) in [6, 6.07) is 15.0. The van der Waals surface area contributed by atoms with Crippen molar-refractivity contribution in [1.29, 1.82) is 0 Å². The van der Waals surface area contributed by atoms with Crippen molar-refractivity contribution in [2.75, 3.05) is 36.4 Å². The van der Waals surface area contributed by atoms with Gasteiger partial charge in [-0.3, -0.25) is 0 Å². The Bertz CT molecular complexity index is 1120. The molecule has 4 rings (SSSR count). The number of alkyl halides is 3. The molecule has 0 unspecified atom stereocenters. The van der Waals surface area contributed by atoms with Crippen LogP contribution in [0.3, 0.4) is 0 Å². The molecule has 1 aliphatic heterocycles. The number of nitrogens with one attached hydrogen (secondary N) is 1. The van der Waals surface area contributed by atoms with E-state index in [-0.39, 0.29) is 17.5 Å². The van der Waals surface area contributed by atoms with Crippen molar-refractivity contribution < 1.29 is 18.3 Å². The van der Waals surface area contributed by atoms with E-state index in [4.69, 9.17) is 0 Å². The maximum Gasteiger partial charge on any atom is 0.433 e. The average molecular weight is 455 g/mol. The SMILES string of the molecule is C=C(c1ccc(O)cc1)N1CCN(c2nc(Nc3ccc(C)cc3)cc(C(F)(F)F)n2)CC1. The predicted octanol–water partition coefficient (Wildman–Crippen LogP) is 5.05. The molecule has 0 aliphatic carbocycles. The normalized spacial score (nSPS) is 14.3. The quantitative estimate of drug-likeness (QED) is 0.562. The summed E-state index contributed by atoms with van der Waals surface area (Å²) < 4.78 is 40.5. The van der Waals surface area contributed by atoms with Crippen molar-refractivity contribution in [2.45, 2.75) is 13.1 Å². The molecule has 6 nitrogen and oxygen atoms in total. The second kappa shape index (κ2) is 9.01. The van der Waals surface area contributed by atoms with Gasteiger partial charge in [0.15, 0.2) is 5.69 Å². The fraction of sp³-hybridized carbons (Fsp3) is 0.250. The van der Waals surface area contributed by atoms with Crippen LogP contribution in [0.2, 0.25) is 0 Å². The number of aromatic hydroxyl groups is 1. The Labute approximate surface area is 190 Å². The van der Waals surface area contributed by atoms with Gasteiger partial charge in [0.05, 0.1) is 0 Å². The van der Waals surface area contributed by atoms with Crippen LogP contribution in [-0.2, 0) is 6.18 Å². The maximum atomic E-state index is 13.5. The van der Waals surface area contributed by atoms with Crippen molar-refractivity contribution in [2.24, 2.45) is 0 Å². The lowest BCUT2D eigenvalue weighted by Gasteiger charge is -2.37. The van der Waals surface area contributed by atoms with E-state index < -0.39 is 11.9 Å². The van der Waals surface area contributed by atoms with Gasteiger partial charge in [-0.15, -0.1) is 0 Å². The highest BCUT2D eigenvalue weighted by Crippen LogP contribution is 2.32. The molecular formula is C24H24F3N5O. The largest absolute Gasteiger partial charge is 0.508 e. The summed E-state index contributed by atoms with van der Waals surface area (Å²) in [5.74, 6) is 0.301. The molecule has 33 heavy (non-hydrogen) atoms. The zero-order valence-corrected chi connectivity index (χ0v) is 18.1. The number of hydrogen-bond acceptors (Lipinski definition) is 6.